The molecular formula is C33H40F3NO4. The summed E-state index contributed by atoms with van der Waals surface area (Å²) in [5, 5.41) is 2.54. The molecular weight excluding hydrogens is 531 g/mol. The maximum absolute atomic E-state index is 14.3. The number of hydrogen-bond donors (Lipinski definition) is 1. The zero-order valence-corrected chi connectivity index (χ0v) is 24.4. The molecule has 1 amide bonds. The molecule has 0 heterocycles. The molecule has 0 radical (unpaired) electrons. The van der Waals surface area contributed by atoms with Crippen molar-refractivity contribution in [1.29, 1.82) is 0 Å². The van der Waals surface area contributed by atoms with E-state index in [1.807, 2.05) is 26.0 Å². The number of methoxy groups -OCH3 is 1. The number of rotatable bonds is 14. The Hall–Kier alpha value is -3.65. The Morgan fingerprint density at radius 1 is 1.07 bits per heavy atom. The van der Waals surface area contributed by atoms with Gasteiger partial charge in [0.05, 0.1) is 6.54 Å². The molecule has 2 rings (SSSR count). The van der Waals surface area contributed by atoms with Gasteiger partial charge in [0.2, 0.25) is 5.91 Å². The van der Waals surface area contributed by atoms with E-state index in [2.05, 4.69) is 43.1 Å². The second-order valence-corrected chi connectivity index (χ2v) is 10.1. The number of carbonyl (C=O) groups is 2. The minimum Gasteiger partial charge on any atom is -0.458 e. The van der Waals surface area contributed by atoms with Crippen LogP contribution in [0.2, 0.25) is 0 Å². The van der Waals surface area contributed by atoms with Gasteiger partial charge in [-0.25, -0.2) is 4.79 Å². The third-order valence-electron chi connectivity index (χ3n) is 6.72. The summed E-state index contributed by atoms with van der Waals surface area (Å²) in [6.07, 6.45) is 2.07. The lowest BCUT2D eigenvalue weighted by Crippen LogP contribution is -2.53. The van der Waals surface area contributed by atoms with Crippen molar-refractivity contribution in [3.05, 3.63) is 101 Å². The summed E-state index contributed by atoms with van der Waals surface area (Å²) < 4.78 is 53.0. The first kappa shape index (κ1) is 33.6. The molecule has 0 aliphatic carbocycles. The lowest BCUT2D eigenvalue weighted by molar-refractivity contribution is -0.278. The van der Waals surface area contributed by atoms with Gasteiger partial charge < -0.3 is 14.8 Å². The highest BCUT2D eigenvalue weighted by molar-refractivity contribution is 5.83. The third-order valence-corrected chi connectivity index (χ3v) is 6.72. The van der Waals surface area contributed by atoms with E-state index >= 15 is 0 Å². The molecule has 0 saturated heterocycles. The Kier molecular flexibility index (Phi) is 12.6. The Labute approximate surface area is 241 Å². The Morgan fingerprint density at radius 3 is 2.34 bits per heavy atom. The van der Waals surface area contributed by atoms with E-state index < -0.39 is 23.9 Å². The first-order chi connectivity index (χ1) is 19.3. The van der Waals surface area contributed by atoms with Gasteiger partial charge in [0.25, 0.3) is 5.60 Å². The molecule has 222 valence electrons. The van der Waals surface area contributed by atoms with E-state index in [1.165, 1.54) is 42.3 Å². The number of carbonyl (C=O) groups excluding carboxylic acids is 2. The van der Waals surface area contributed by atoms with Gasteiger partial charge in [-0.1, -0.05) is 77.9 Å². The number of hydrogen-bond acceptors (Lipinski definition) is 4. The molecule has 0 spiro atoms. The SMILES string of the molecule is C=CCc1cc(C)ccc1/C(C)=C\C(C)=C\CCC[C@@H](CNC(C)=O)OC(=O)[C@](OC)(c1ccccc1)C(F)(F)F. The van der Waals surface area contributed by atoms with Crippen LogP contribution in [0.15, 0.2) is 78.9 Å². The first-order valence-corrected chi connectivity index (χ1v) is 13.5. The number of nitrogens with one attached hydrogen (secondary N) is 1. The van der Waals surface area contributed by atoms with E-state index in [4.69, 9.17) is 9.47 Å². The van der Waals surface area contributed by atoms with E-state index in [0.29, 0.717) is 12.8 Å². The lowest BCUT2D eigenvalue weighted by atomic mass is 9.92. The highest BCUT2D eigenvalue weighted by Crippen LogP contribution is 2.43. The maximum Gasteiger partial charge on any atom is 0.432 e. The molecule has 0 fully saturated rings. The molecule has 0 aliphatic heterocycles. The fourth-order valence-corrected chi connectivity index (χ4v) is 4.67. The topological polar surface area (TPSA) is 64.6 Å². The Morgan fingerprint density at radius 2 is 1.76 bits per heavy atom. The fourth-order valence-electron chi connectivity index (χ4n) is 4.67. The van der Waals surface area contributed by atoms with Crippen molar-refractivity contribution in [2.45, 2.75) is 71.3 Å². The smallest absolute Gasteiger partial charge is 0.432 e. The van der Waals surface area contributed by atoms with Crippen LogP contribution in [-0.2, 0) is 31.1 Å². The summed E-state index contributed by atoms with van der Waals surface area (Å²) in [5.41, 5.74) is 1.99. The van der Waals surface area contributed by atoms with Gasteiger partial charge in [-0.3, -0.25) is 4.79 Å². The molecule has 0 bridgehead atoms. The van der Waals surface area contributed by atoms with Crippen molar-refractivity contribution in [1.82, 2.24) is 5.32 Å². The van der Waals surface area contributed by atoms with Crippen LogP contribution >= 0.6 is 0 Å². The number of esters is 1. The molecule has 5 nitrogen and oxygen atoms in total. The van der Waals surface area contributed by atoms with Gasteiger partial charge in [-0.05, 0) is 63.2 Å². The minimum atomic E-state index is -5.08. The summed E-state index contributed by atoms with van der Waals surface area (Å²) in [4.78, 5) is 24.6. The Bertz CT molecular complexity index is 1250. The quantitative estimate of drug-likeness (QED) is 0.111. The van der Waals surface area contributed by atoms with Crippen LogP contribution in [0.25, 0.3) is 5.57 Å². The van der Waals surface area contributed by atoms with Gasteiger partial charge >= 0.3 is 12.1 Å². The van der Waals surface area contributed by atoms with Gasteiger partial charge in [0.15, 0.2) is 0 Å². The van der Waals surface area contributed by atoms with Crippen molar-refractivity contribution in [3.8, 4) is 0 Å². The normalized spacial score (nSPS) is 14.6. The molecule has 0 saturated carbocycles. The van der Waals surface area contributed by atoms with Gasteiger partial charge in [0, 0.05) is 19.6 Å². The van der Waals surface area contributed by atoms with Crippen molar-refractivity contribution in [2.24, 2.45) is 0 Å². The number of benzene rings is 2. The minimum absolute atomic E-state index is 0.116. The number of aryl methyl sites for hydroxylation is 1. The highest BCUT2D eigenvalue weighted by atomic mass is 19.4. The Balaban J connectivity index is 2.16. The van der Waals surface area contributed by atoms with E-state index in [9.17, 15) is 22.8 Å². The standard InChI is InChI=1S/C33H40F3NO4/c1-7-13-27-21-24(3)18-19-30(27)25(4)20-23(2)14-11-12-17-29(22-37-26(5)38)41-31(39)32(40-6,33(34,35)36)28-15-9-8-10-16-28/h7-10,14-16,18-21,29H,1,11-13,17,22H2,2-6H3,(H,37,38)/b23-14+,25-20-/t29-,32+/m0/s1. The van der Waals surface area contributed by atoms with Crippen LogP contribution in [0.5, 0.6) is 0 Å². The van der Waals surface area contributed by atoms with Gasteiger partial charge in [0.1, 0.15) is 6.10 Å². The second-order valence-electron chi connectivity index (χ2n) is 10.1. The van der Waals surface area contributed by atoms with Gasteiger partial charge in [-0.2, -0.15) is 13.2 Å². The molecule has 2 atom stereocenters. The molecule has 0 aliphatic rings. The zero-order chi connectivity index (χ0) is 30.6. The summed E-state index contributed by atoms with van der Waals surface area (Å²) in [7, 11) is 0.824. The summed E-state index contributed by atoms with van der Waals surface area (Å²) in [5.74, 6) is -1.96. The monoisotopic (exact) mass is 571 g/mol. The van der Waals surface area contributed by atoms with E-state index in [0.717, 1.165) is 30.2 Å². The number of alkyl halides is 3. The first-order valence-electron chi connectivity index (χ1n) is 13.5. The summed E-state index contributed by atoms with van der Waals surface area (Å²) in [6, 6.07) is 13.0. The third kappa shape index (κ3) is 9.18. The molecule has 2 aromatic rings. The van der Waals surface area contributed by atoms with Crippen molar-refractivity contribution in [3.63, 3.8) is 0 Å². The highest BCUT2D eigenvalue weighted by Gasteiger charge is 2.64. The number of halogens is 3. The largest absolute Gasteiger partial charge is 0.458 e. The van der Waals surface area contributed by atoms with Crippen LogP contribution in [0, 0.1) is 6.92 Å². The molecule has 1 N–H and O–H groups in total. The van der Waals surface area contributed by atoms with Crippen molar-refractivity contribution >= 4 is 17.4 Å². The van der Waals surface area contributed by atoms with Crippen molar-refractivity contribution < 1.29 is 32.2 Å². The number of unbranched alkanes of at least 4 members (excludes halogenated alkanes) is 1. The average molecular weight is 572 g/mol. The van der Waals surface area contributed by atoms with Crippen LogP contribution in [0.3, 0.4) is 0 Å². The average Bonchev–Trinajstić information content (AvgIpc) is 2.90. The van der Waals surface area contributed by atoms with E-state index in [1.54, 1.807) is 6.07 Å². The maximum atomic E-state index is 14.3. The van der Waals surface area contributed by atoms with Crippen LogP contribution in [0.1, 0.15) is 62.3 Å². The molecule has 41 heavy (non-hydrogen) atoms. The molecule has 0 aromatic heterocycles. The zero-order valence-electron chi connectivity index (χ0n) is 24.4. The fraction of sp³-hybridized carbons (Fsp3) is 0.394. The molecule has 8 heteroatoms. The number of allylic oxidation sites excluding steroid dienone is 5. The van der Waals surface area contributed by atoms with Crippen LogP contribution in [-0.4, -0.2) is 37.8 Å². The van der Waals surface area contributed by atoms with Crippen LogP contribution in [0.4, 0.5) is 13.2 Å². The van der Waals surface area contributed by atoms with E-state index in [-0.39, 0.29) is 24.4 Å². The van der Waals surface area contributed by atoms with Gasteiger partial charge in [-0.15, -0.1) is 6.58 Å². The van der Waals surface area contributed by atoms with Crippen molar-refractivity contribution in [2.75, 3.05) is 13.7 Å². The second kappa shape index (κ2) is 15.4. The summed E-state index contributed by atoms with van der Waals surface area (Å²) >= 11 is 0. The number of ether oxygens (including phenoxy) is 2. The molecule has 0 unspecified atom stereocenters. The predicted molar refractivity (Wildman–Crippen MR) is 156 cm³/mol. The van der Waals surface area contributed by atoms with Crippen LogP contribution < -0.4 is 5.32 Å². The summed E-state index contributed by atoms with van der Waals surface area (Å²) in [6.45, 7) is 11.1. The number of amides is 1. The predicted octanol–water partition coefficient (Wildman–Crippen LogP) is 7.40. The lowest BCUT2D eigenvalue weighted by Gasteiger charge is -2.33. The molecule has 2 aromatic carbocycles.